The van der Waals surface area contributed by atoms with Crippen LogP contribution in [0.4, 0.5) is 8.78 Å². The Bertz CT molecular complexity index is 1220. The molecule has 0 aliphatic heterocycles. The summed E-state index contributed by atoms with van der Waals surface area (Å²) in [7, 11) is -3.42. The van der Waals surface area contributed by atoms with Crippen molar-refractivity contribution in [3.63, 3.8) is 0 Å². The van der Waals surface area contributed by atoms with Gasteiger partial charge in [0.25, 0.3) is 0 Å². The van der Waals surface area contributed by atoms with Crippen LogP contribution in [0.15, 0.2) is 85.5 Å². The molecule has 0 spiro atoms. The monoisotopic (exact) mass is 462 g/mol. The fraction of sp³-hybridized carbons (Fsp3) is 0.0833. The van der Waals surface area contributed by atoms with E-state index in [4.69, 9.17) is 0 Å². The van der Waals surface area contributed by atoms with Gasteiger partial charge in [-0.2, -0.15) is 0 Å². The standard InChI is InChI=1S/C24H22B2F2N2O4/c27-21-5-7-23(25(31)32)19(11-21)15-29-9-1-3-17(13-29)18-4-2-10-30(14-18)16-20-12-22(28)6-8-24(20)26(33)34/h1-14,31-34H,15-16H2/q+2. The molecule has 0 unspecified atom stereocenters. The van der Waals surface area contributed by atoms with Gasteiger partial charge in [0.05, 0.1) is 11.1 Å². The quantitative estimate of drug-likeness (QED) is 0.224. The summed E-state index contributed by atoms with van der Waals surface area (Å²) in [6.45, 7) is 0.457. The third-order valence-electron chi connectivity index (χ3n) is 5.52. The number of aromatic nitrogens is 2. The Morgan fingerprint density at radius 1 is 0.618 bits per heavy atom. The van der Waals surface area contributed by atoms with Crippen molar-refractivity contribution in [1.82, 2.24) is 0 Å². The number of benzene rings is 2. The molecular weight excluding hydrogens is 440 g/mol. The predicted octanol–water partition coefficient (Wildman–Crippen LogP) is -0.337. The van der Waals surface area contributed by atoms with Crippen molar-refractivity contribution in [3.05, 3.63) is 108 Å². The molecule has 34 heavy (non-hydrogen) atoms. The van der Waals surface area contributed by atoms with E-state index in [-0.39, 0.29) is 24.0 Å². The molecular formula is C24H22B2F2N2O4+2. The maximum absolute atomic E-state index is 13.8. The zero-order valence-electron chi connectivity index (χ0n) is 18.1. The van der Waals surface area contributed by atoms with Gasteiger partial charge < -0.3 is 20.1 Å². The molecule has 4 N–H and O–H groups in total. The minimum atomic E-state index is -1.71. The normalized spacial score (nSPS) is 10.9. The number of hydrogen-bond acceptors (Lipinski definition) is 4. The summed E-state index contributed by atoms with van der Waals surface area (Å²) in [5.41, 5.74) is 3.05. The summed E-state index contributed by atoms with van der Waals surface area (Å²) < 4.78 is 31.1. The molecule has 0 aliphatic rings. The second-order valence-electron chi connectivity index (χ2n) is 7.96. The van der Waals surface area contributed by atoms with Crippen LogP contribution >= 0.6 is 0 Å². The van der Waals surface area contributed by atoms with Crippen LogP contribution in [-0.2, 0) is 13.1 Å². The summed E-state index contributed by atoms with van der Waals surface area (Å²) in [6.07, 6.45) is 7.29. The number of pyridine rings is 2. The van der Waals surface area contributed by atoms with E-state index in [0.29, 0.717) is 11.1 Å². The lowest BCUT2D eigenvalue weighted by atomic mass is 9.77. The van der Waals surface area contributed by atoms with Crippen molar-refractivity contribution in [1.29, 1.82) is 0 Å². The van der Waals surface area contributed by atoms with Crippen LogP contribution in [-0.4, -0.2) is 34.3 Å². The van der Waals surface area contributed by atoms with E-state index >= 15 is 0 Å². The Labute approximate surface area is 195 Å². The highest BCUT2D eigenvalue weighted by atomic mass is 19.1. The molecule has 0 fully saturated rings. The minimum Gasteiger partial charge on any atom is -0.423 e. The Morgan fingerprint density at radius 3 is 1.41 bits per heavy atom. The van der Waals surface area contributed by atoms with Crippen LogP contribution in [0.3, 0.4) is 0 Å². The SMILES string of the molecule is OB(O)c1ccc(F)cc1C[n+]1cccc(-c2ccc[n+](Cc3cc(F)ccc3B(O)O)c2)c1. The first-order valence-electron chi connectivity index (χ1n) is 10.6. The van der Waals surface area contributed by atoms with Gasteiger partial charge in [-0.15, -0.1) is 0 Å². The van der Waals surface area contributed by atoms with Crippen molar-refractivity contribution in [2.45, 2.75) is 13.1 Å². The first-order chi connectivity index (χ1) is 16.3. The van der Waals surface area contributed by atoms with E-state index in [9.17, 15) is 28.9 Å². The van der Waals surface area contributed by atoms with Gasteiger partial charge in [0, 0.05) is 23.3 Å². The summed E-state index contributed by atoms with van der Waals surface area (Å²) in [5.74, 6) is -0.935. The smallest absolute Gasteiger partial charge is 0.423 e. The highest BCUT2D eigenvalue weighted by molar-refractivity contribution is 6.59. The molecule has 4 rings (SSSR count). The second-order valence-corrected chi connectivity index (χ2v) is 7.96. The lowest BCUT2D eigenvalue weighted by Gasteiger charge is -2.08. The molecule has 0 saturated heterocycles. The zero-order valence-corrected chi connectivity index (χ0v) is 18.1. The largest absolute Gasteiger partial charge is 0.488 e. The van der Waals surface area contributed by atoms with Gasteiger partial charge in [-0.05, 0) is 47.3 Å². The molecule has 0 aliphatic carbocycles. The molecule has 10 heteroatoms. The van der Waals surface area contributed by atoms with E-state index in [2.05, 4.69) is 0 Å². The topological polar surface area (TPSA) is 88.7 Å². The molecule has 4 aromatic rings. The third kappa shape index (κ3) is 5.55. The predicted molar refractivity (Wildman–Crippen MR) is 123 cm³/mol. The molecule has 2 aromatic carbocycles. The summed E-state index contributed by atoms with van der Waals surface area (Å²) in [4.78, 5) is 0. The van der Waals surface area contributed by atoms with Gasteiger partial charge in [-0.3, -0.25) is 0 Å². The third-order valence-corrected chi connectivity index (χ3v) is 5.52. The van der Waals surface area contributed by atoms with Crippen LogP contribution in [0, 0.1) is 11.6 Å². The summed E-state index contributed by atoms with van der Waals surface area (Å²) >= 11 is 0. The number of hydrogen-bond donors (Lipinski definition) is 4. The maximum atomic E-state index is 13.8. The Balaban J connectivity index is 1.62. The first kappa shape index (κ1) is 23.7. The van der Waals surface area contributed by atoms with Crippen LogP contribution in [0.25, 0.3) is 11.1 Å². The van der Waals surface area contributed by atoms with E-state index < -0.39 is 25.9 Å². The highest BCUT2D eigenvalue weighted by Gasteiger charge is 2.21. The fourth-order valence-electron chi connectivity index (χ4n) is 3.90. The zero-order chi connectivity index (χ0) is 24.2. The van der Waals surface area contributed by atoms with E-state index in [1.165, 1.54) is 36.4 Å². The molecule has 0 amide bonds. The van der Waals surface area contributed by atoms with Crippen molar-refractivity contribution >= 4 is 25.2 Å². The molecule has 0 radical (unpaired) electrons. The lowest BCUT2D eigenvalue weighted by Crippen LogP contribution is -2.41. The van der Waals surface area contributed by atoms with Crippen LogP contribution < -0.4 is 20.1 Å². The van der Waals surface area contributed by atoms with Crippen LogP contribution in [0.2, 0.25) is 0 Å². The minimum absolute atomic E-state index is 0.229. The number of nitrogens with zero attached hydrogens (tertiary/aromatic N) is 2. The van der Waals surface area contributed by atoms with Crippen LogP contribution in [0.1, 0.15) is 11.1 Å². The van der Waals surface area contributed by atoms with E-state index in [0.717, 1.165) is 11.1 Å². The molecule has 0 bridgehead atoms. The van der Waals surface area contributed by atoms with Gasteiger partial charge in [-0.25, -0.2) is 17.9 Å². The van der Waals surface area contributed by atoms with Gasteiger partial charge >= 0.3 is 14.2 Å². The molecule has 0 atom stereocenters. The molecule has 170 valence electrons. The van der Waals surface area contributed by atoms with Gasteiger partial charge in [-0.1, -0.05) is 12.1 Å². The van der Waals surface area contributed by atoms with E-state index in [1.54, 1.807) is 21.5 Å². The average Bonchev–Trinajstić information content (AvgIpc) is 2.79. The number of rotatable bonds is 7. The molecule has 0 saturated carbocycles. The number of halogens is 2. The van der Waals surface area contributed by atoms with Crippen molar-refractivity contribution in [3.8, 4) is 11.1 Å². The Kier molecular flexibility index (Phi) is 7.14. The molecule has 6 nitrogen and oxygen atoms in total. The molecule has 2 heterocycles. The Hall–Kier alpha value is -3.43. The maximum Gasteiger partial charge on any atom is 0.488 e. The van der Waals surface area contributed by atoms with Gasteiger partial charge in [0.2, 0.25) is 0 Å². The highest BCUT2D eigenvalue weighted by Crippen LogP contribution is 2.15. The summed E-state index contributed by atoms with van der Waals surface area (Å²) in [5, 5.41) is 38.4. The Morgan fingerprint density at radius 2 is 1.03 bits per heavy atom. The van der Waals surface area contributed by atoms with Crippen molar-refractivity contribution in [2.75, 3.05) is 0 Å². The summed E-state index contributed by atoms with van der Waals surface area (Å²) in [6, 6.07) is 15.1. The fourth-order valence-corrected chi connectivity index (χ4v) is 3.90. The van der Waals surface area contributed by atoms with Crippen molar-refractivity contribution in [2.24, 2.45) is 0 Å². The van der Waals surface area contributed by atoms with Crippen LogP contribution in [0.5, 0.6) is 0 Å². The second kappa shape index (κ2) is 10.2. The van der Waals surface area contributed by atoms with Crippen molar-refractivity contribution < 1.29 is 38.0 Å². The lowest BCUT2D eigenvalue weighted by molar-refractivity contribution is -0.689. The van der Waals surface area contributed by atoms with Gasteiger partial charge in [0.1, 0.15) is 11.6 Å². The van der Waals surface area contributed by atoms with Gasteiger partial charge in [0.15, 0.2) is 37.9 Å². The first-order valence-corrected chi connectivity index (χ1v) is 10.6. The average molecular weight is 462 g/mol. The molecule has 2 aromatic heterocycles. The van der Waals surface area contributed by atoms with E-state index in [1.807, 2.05) is 36.7 Å².